The lowest BCUT2D eigenvalue weighted by Gasteiger charge is -2.33. The number of carboxylic acid groups (broad SMARTS) is 1. The van der Waals surface area contributed by atoms with Gasteiger partial charge < -0.3 is 20.0 Å². The number of rotatable bonds is 9. The van der Waals surface area contributed by atoms with Crippen LogP contribution in [0.1, 0.15) is 36.4 Å². The van der Waals surface area contributed by atoms with Gasteiger partial charge in [0.1, 0.15) is 5.01 Å². The molecule has 2 heterocycles. The van der Waals surface area contributed by atoms with Crippen LogP contribution < -0.4 is 10.2 Å². The maximum Gasteiger partial charge on any atom is 0.343 e. The molecule has 4 rings (SSSR count). The zero-order valence-corrected chi connectivity index (χ0v) is 22.2. The fourth-order valence-corrected chi connectivity index (χ4v) is 6.25. The molecule has 1 fully saturated rings. The molecule has 2 aromatic heterocycles. The second kappa shape index (κ2) is 10.7. The van der Waals surface area contributed by atoms with Crippen LogP contribution >= 0.6 is 11.3 Å². The van der Waals surface area contributed by atoms with E-state index in [9.17, 15) is 31.9 Å². The van der Waals surface area contributed by atoms with Gasteiger partial charge in [0, 0.05) is 30.1 Å². The van der Waals surface area contributed by atoms with E-state index in [1.54, 1.807) is 5.38 Å². The third-order valence-electron chi connectivity index (χ3n) is 6.35. The van der Waals surface area contributed by atoms with Gasteiger partial charge in [0.25, 0.3) is 0 Å². The predicted octanol–water partition coefficient (Wildman–Crippen LogP) is 2.85. The second-order valence-corrected chi connectivity index (χ2v) is 12.6. The molecule has 1 aliphatic rings. The Morgan fingerprint density at radius 3 is 2.43 bits per heavy atom. The molecule has 0 aliphatic heterocycles. The highest BCUT2D eigenvalue weighted by Gasteiger charge is 2.48. The molecule has 1 aliphatic carbocycles. The van der Waals surface area contributed by atoms with E-state index in [1.807, 2.05) is 0 Å². The minimum atomic E-state index is -3.46. The molecule has 3 N–H and O–H groups in total. The second-order valence-electron chi connectivity index (χ2n) is 8.82. The van der Waals surface area contributed by atoms with E-state index in [2.05, 4.69) is 15.3 Å². The summed E-state index contributed by atoms with van der Waals surface area (Å²) in [6, 6.07) is 7.53. The molecule has 2 amide bonds. The van der Waals surface area contributed by atoms with Crippen LogP contribution in [-0.2, 0) is 31.3 Å². The third kappa shape index (κ3) is 5.61. The lowest BCUT2D eigenvalue weighted by molar-refractivity contribution is -0.143. The summed E-state index contributed by atoms with van der Waals surface area (Å²) >= 11 is -1.66. The first-order chi connectivity index (χ1) is 17.5. The van der Waals surface area contributed by atoms with Crippen molar-refractivity contribution in [2.45, 2.75) is 41.1 Å². The van der Waals surface area contributed by atoms with Gasteiger partial charge >= 0.3 is 12.0 Å². The SMILES string of the molecule is CS(=O)(=O)c1ccc(N(CC2CCCC2)C(=O)NC(C(=O)O)(c2ccc(S(=O)[O-])[nH]2)c2nccs2)cc1. The number of nitrogens with one attached hydrogen (secondary N) is 2. The first-order valence-corrected chi connectivity index (χ1v) is 15.2. The van der Waals surface area contributed by atoms with Gasteiger partial charge in [-0.1, -0.05) is 12.8 Å². The predicted molar refractivity (Wildman–Crippen MR) is 136 cm³/mol. The van der Waals surface area contributed by atoms with Crippen LogP contribution in [0.25, 0.3) is 0 Å². The lowest BCUT2D eigenvalue weighted by Crippen LogP contribution is -2.57. The van der Waals surface area contributed by atoms with Crippen molar-refractivity contribution in [1.82, 2.24) is 15.3 Å². The van der Waals surface area contributed by atoms with Crippen molar-refractivity contribution >= 4 is 49.9 Å². The topological polar surface area (TPSA) is 173 Å². The standard InChI is InChI=1S/C23H26N4O7S3/c1-37(33,34)17-8-6-16(7-9-17)27(14-15-4-2-3-5-15)22(30)26-23(21(28)29,20-24-12-13-35-20)18-10-11-19(25-18)36(31)32/h6-13,15,25H,2-5,14H2,1H3,(H,26,30)(H,28,29)(H,31,32)/p-1. The van der Waals surface area contributed by atoms with Crippen LogP contribution in [-0.4, -0.2) is 57.1 Å². The summed E-state index contributed by atoms with van der Waals surface area (Å²) in [6.07, 6.45) is 6.30. The zero-order valence-electron chi connectivity index (χ0n) is 19.7. The number of benzene rings is 1. The Morgan fingerprint density at radius 2 is 1.92 bits per heavy atom. The Morgan fingerprint density at radius 1 is 1.24 bits per heavy atom. The number of carboxylic acids is 1. The fourth-order valence-electron chi connectivity index (χ4n) is 4.45. The van der Waals surface area contributed by atoms with Crippen LogP contribution in [0.2, 0.25) is 0 Å². The average molecular weight is 566 g/mol. The largest absolute Gasteiger partial charge is 0.767 e. The van der Waals surface area contributed by atoms with Crippen LogP contribution in [0.15, 0.2) is 57.9 Å². The molecule has 0 radical (unpaired) electrons. The van der Waals surface area contributed by atoms with Gasteiger partial charge in [0.15, 0.2) is 9.84 Å². The maximum atomic E-state index is 13.8. The monoisotopic (exact) mass is 565 g/mol. The van der Waals surface area contributed by atoms with E-state index in [1.165, 1.54) is 47.5 Å². The molecule has 1 aromatic carbocycles. The highest BCUT2D eigenvalue weighted by molar-refractivity contribution is 7.90. The molecular formula is C23H25N4O7S3-. The summed E-state index contributed by atoms with van der Waals surface area (Å²) in [5.41, 5.74) is -1.90. The van der Waals surface area contributed by atoms with Crippen LogP contribution in [0, 0.1) is 5.92 Å². The number of aromatic amines is 1. The number of thiazole rings is 1. The molecule has 0 spiro atoms. The lowest BCUT2D eigenvalue weighted by atomic mass is 9.96. The highest BCUT2D eigenvalue weighted by atomic mass is 32.2. The number of aromatic nitrogens is 2. The number of hydrogen-bond donors (Lipinski definition) is 3. The van der Waals surface area contributed by atoms with Crippen molar-refractivity contribution in [3.63, 3.8) is 0 Å². The smallest absolute Gasteiger partial charge is 0.343 e. The summed E-state index contributed by atoms with van der Waals surface area (Å²) in [7, 11) is -3.46. The molecule has 1 saturated carbocycles. The van der Waals surface area contributed by atoms with Crippen LogP contribution in [0.3, 0.4) is 0 Å². The highest BCUT2D eigenvalue weighted by Crippen LogP contribution is 2.34. The first kappa shape index (κ1) is 27.0. The molecule has 0 saturated heterocycles. The van der Waals surface area contributed by atoms with Crippen molar-refractivity contribution in [2.75, 3.05) is 17.7 Å². The molecule has 2 unspecified atom stereocenters. The number of sulfone groups is 1. The number of urea groups is 1. The van der Waals surface area contributed by atoms with Crippen LogP contribution in [0.5, 0.6) is 0 Å². The number of amides is 2. The van der Waals surface area contributed by atoms with Crippen molar-refractivity contribution in [3.05, 3.63) is 58.7 Å². The number of carbonyl (C=O) groups is 2. The van der Waals surface area contributed by atoms with Gasteiger partial charge in [0.05, 0.1) is 15.6 Å². The van der Waals surface area contributed by atoms with Crippen molar-refractivity contribution in [3.8, 4) is 0 Å². The van der Waals surface area contributed by atoms with E-state index >= 15 is 0 Å². The number of H-pyrrole nitrogens is 1. The van der Waals surface area contributed by atoms with Crippen molar-refractivity contribution in [2.24, 2.45) is 5.92 Å². The normalized spacial score (nSPS) is 16.7. The van der Waals surface area contributed by atoms with Crippen molar-refractivity contribution < 1.29 is 31.9 Å². The Bertz CT molecular complexity index is 1400. The average Bonchev–Trinajstić information content (AvgIpc) is 3.63. The quantitative estimate of drug-likeness (QED) is 0.332. The van der Waals surface area contributed by atoms with Gasteiger partial charge in [-0.3, -0.25) is 9.11 Å². The summed E-state index contributed by atoms with van der Waals surface area (Å²) in [5, 5.41) is 14.3. The Kier molecular flexibility index (Phi) is 7.83. The molecule has 3 aromatic rings. The van der Waals surface area contributed by atoms with E-state index in [-0.39, 0.29) is 33.1 Å². The van der Waals surface area contributed by atoms with Gasteiger partial charge in [-0.25, -0.2) is 23.0 Å². The number of hydrogen-bond acceptors (Lipinski definition) is 8. The Hall–Kier alpha value is -3.07. The minimum absolute atomic E-state index is 0.0201. The van der Waals surface area contributed by atoms with Crippen LogP contribution in [0.4, 0.5) is 10.5 Å². The zero-order chi connectivity index (χ0) is 26.8. The third-order valence-corrected chi connectivity index (χ3v) is 8.97. The van der Waals surface area contributed by atoms with E-state index in [0.29, 0.717) is 5.69 Å². The number of anilines is 1. The fraction of sp³-hybridized carbons (Fsp3) is 0.348. The van der Waals surface area contributed by atoms with Gasteiger partial charge in [-0.05, 0) is 66.2 Å². The molecule has 14 heteroatoms. The summed E-state index contributed by atoms with van der Waals surface area (Å²) in [4.78, 5) is 34.8. The van der Waals surface area contributed by atoms with Gasteiger partial charge in [-0.15, -0.1) is 11.3 Å². The van der Waals surface area contributed by atoms with E-state index in [4.69, 9.17) is 0 Å². The van der Waals surface area contributed by atoms with Crippen molar-refractivity contribution in [1.29, 1.82) is 0 Å². The minimum Gasteiger partial charge on any atom is -0.767 e. The van der Waals surface area contributed by atoms with E-state index in [0.717, 1.165) is 43.3 Å². The van der Waals surface area contributed by atoms with E-state index < -0.39 is 38.5 Å². The molecule has 2 atom stereocenters. The molecule has 37 heavy (non-hydrogen) atoms. The van der Waals surface area contributed by atoms with Gasteiger partial charge in [0.2, 0.25) is 5.54 Å². The molecule has 198 valence electrons. The summed E-state index contributed by atoms with van der Waals surface area (Å²) < 4.78 is 46.8. The first-order valence-electron chi connectivity index (χ1n) is 11.3. The molecular weight excluding hydrogens is 540 g/mol. The number of aliphatic carboxylic acids is 1. The molecule has 0 bridgehead atoms. The Balaban J connectivity index is 1.77. The number of carbonyl (C=O) groups excluding carboxylic acids is 1. The number of nitrogens with zero attached hydrogens (tertiary/aromatic N) is 2. The summed E-state index contributed by atoms with van der Waals surface area (Å²) in [5.74, 6) is -1.28. The maximum absolute atomic E-state index is 13.8. The Labute approximate surface area is 220 Å². The van der Waals surface area contributed by atoms with Gasteiger partial charge in [-0.2, -0.15) is 0 Å². The molecule has 11 nitrogen and oxygen atoms in total. The summed E-state index contributed by atoms with van der Waals surface area (Å²) in [6.45, 7) is 0.290.